The molecule has 6 heteroatoms. The summed E-state index contributed by atoms with van der Waals surface area (Å²) in [6, 6.07) is 25.7. The van der Waals surface area contributed by atoms with Crippen LogP contribution in [-0.2, 0) is 11.3 Å². The van der Waals surface area contributed by atoms with E-state index in [1.165, 1.54) is 17.1 Å². The number of hydrogen-bond acceptors (Lipinski definition) is 5. The lowest BCUT2D eigenvalue weighted by atomic mass is 9.98. The minimum Gasteiger partial charge on any atom is -0.354 e. The number of rotatable bonds is 5. The summed E-state index contributed by atoms with van der Waals surface area (Å²) >= 11 is 2.02. The molecule has 0 aliphatic carbocycles. The molecule has 2 aliphatic rings. The monoisotopic (exact) mass is 452 g/mol. The van der Waals surface area contributed by atoms with Crippen molar-refractivity contribution in [3.63, 3.8) is 0 Å². The fourth-order valence-electron chi connectivity index (χ4n) is 4.22. The Bertz CT molecular complexity index is 1240. The normalized spacial score (nSPS) is 17.1. The van der Waals surface area contributed by atoms with Crippen LogP contribution in [0.1, 0.15) is 22.3 Å². The molecule has 3 aromatic rings. The van der Waals surface area contributed by atoms with Crippen LogP contribution in [0, 0.1) is 11.3 Å². The number of benzene rings is 3. The zero-order valence-corrected chi connectivity index (χ0v) is 19.0. The van der Waals surface area contributed by atoms with Crippen LogP contribution >= 0.6 is 11.8 Å². The van der Waals surface area contributed by atoms with E-state index >= 15 is 0 Å². The Labute approximate surface area is 198 Å². The van der Waals surface area contributed by atoms with E-state index in [4.69, 9.17) is 0 Å². The molecule has 164 valence electrons. The first-order valence-electron chi connectivity index (χ1n) is 11.0. The number of anilines is 2. The molecule has 2 heterocycles. The standard InChI is InChI=1S/C27H24N4OS/c28-17-20-8-11-24-23(16-20)25(27(32)30-24)26(21-4-2-1-3-5-21)29-22-9-6-19(7-10-22)18-31-12-14-33-15-13-31/h1-11,16,29H,12-15,18H2,(H,30,32). The summed E-state index contributed by atoms with van der Waals surface area (Å²) in [4.78, 5) is 15.5. The molecule has 3 aromatic carbocycles. The Balaban J connectivity index is 1.49. The van der Waals surface area contributed by atoms with Crippen molar-refractivity contribution >= 4 is 40.3 Å². The number of nitrogens with one attached hydrogen (secondary N) is 2. The quantitative estimate of drug-likeness (QED) is 0.531. The van der Waals surface area contributed by atoms with Crippen molar-refractivity contribution in [3.8, 4) is 6.07 Å². The Hall–Kier alpha value is -3.53. The van der Waals surface area contributed by atoms with Crippen LogP contribution in [0.5, 0.6) is 0 Å². The summed E-state index contributed by atoms with van der Waals surface area (Å²) in [5.41, 5.74) is 6.36. The minimum atomic E-state index is -0.175. The van der Waals surface area contributed by atoms with E-state index in [-0.39, 0.29) is 5.91 Å². The van der Waals surface area contributed by atoms with Gasteiger partial charge in [-0.2, -0.15) is 17.0 Å². The first kappa shape index (κ1) is 21.3. The number of thioether (sulfide) groups is 1. The first-order chi connectivity index (χ1) is 16.2. The lowest BCUT2D eigenvalue weighted by Gasteiger charge is -2.26. The molecule has 5 rings (SSSR count). The third-order valence-corrected chi connectivity index (χ3v) is 6.88. The molecule has 0 aromatic heterocycles. The van der Waals surface area contributed by atoms with E-state index in [0.717, 1.165) is 47.8 Å². The third kappa shape index (κ3) is 4.65. The minimum absolute atomic E-state index is 0.175. The van der Waals surface area contributed by atoms with Crippen LogP contribution in [0.2, 0.25) is 0 Å². The van der Waals surface area contributed by atoms with Crippen molar-refractivity contribution in [2.24, 2.45) is 0 Å². The van der Waals surface area contributed by atoms with E-state index in [0.29, 0.717) is 11.1 Å². The predicted octanol–water partition coefficient (Wildman–Crippen LogP) is 5.04. The van der Waals surface area contributed by atoms with Crippen molar-refractivity contribution in [2.45, 2.75) is 6.54 Å². The lowest BCUT2D eigenvalue weighted by molar-refractivity contribution is -0.110. The highest BCUT2D eigenvalue weighted by Gasteiger charge is 2.28. The van der Waals surface area contributed by atoms with Gasteiger partial charge in [-0.1, -0.05) is 42.5 Å². The Kier molecular flexibility index (Phi) is 6.16. The van der Waals surface area contributed by atoms with Crippen molar-refractivity contribution in [3.05, 3.63) is 95.1 Å². The second-order valence-corrected chi connectivity index (χ2v) is 9.38. The molecule has 0 atom stereocenters. The number of nitrogens with zero attached hydrogens (tertiary/aromatic N) is 2. The number of nitriles is 1. The third-order valence-electron chi connectivity index (χ3n) is 5.94. The summed E-state index contributed by atoms with van der Waals surface area (Å²) < 4.78 is 0. The maximum Gasteiger partial charge on any atom is 0.258 e. The lowest BCUT2D eigenvalue weighted by Crippen LogP contribution is -2.31. The number of hydrogen-bond donors (Lipinski definition) is 2. The molecule has 0 spiro atoms. The molecule has 1 fully saturated rings. The summed E-state index contributed by atoms with van der Waals surface area (Å²) in [7, 11) is 0. The SMILES string of the molecule is N#Cc1ccc2c(c1)C(=C(Nc1ccc(CN3CCSCC3)cc1)c1ccccc1)C(=O)N2. The van der Waals surface area contributed by atoms with Gasteiger partial charge in [-0.3, -0.25) is 9.69 Å². The maximum atomic E-state index is 13.0. The van der Waals surface area contributed by atoms with Crippen molar-refractivity contribution in [1.82, 2.24) is 4.90 Å². The number of fused-ring (bicyclic) bond motifs is 1. The van der Waals surface area contributed by atoms with Gasteiger partial charge in [0.05, 0.1) is 22.9 Å². The van der Waals surface area contributed by atoms with Crippen molar-refractivity contribution < 1.29 is 4.79 Å². The summed E-state index contributed by atoms with van der Waals surface area (Å²) in [5.74, 6) is 2.22. The molecule has 5 nitrogen and oxygen atoms in total. The topological polar surface area (TPSA) is 68.2 Å². The number of carbonyl (C=O) groups excluding carboxylic acids is 1. The Morgan fingerprint density at radius 3 is 2.52 bits per heavy atom. The summed E-state index contributed by atoms with van der Waals surface area (Å²) in [6.45, 7) is 3.22. The van der Waals surface area contributed by atoms with Crippen LogP contribution in [0.4, 0.5) is 11.4 Å². The van der Waals surface area contributed by atoms with Gasteiger partial charge in [0.2, 0.25) is 0 Å². The molecular weight excluding hydrogens is 428 g/mol. The Morgan fingerprint density at radius 2 is 1.79 bits per heavy atom. The molecule has 0 saturated carbocycles. The second kappa shape index (κ2) is 9.53. The largest absolute Gasteiger partial charge is 0.354 e. The van der Waals surface area contributed by atoms with Gasteiger partial charge in [0.15, 0.2) is 0 Å². The molecule has 2 N–H and O–H groups in total. The molecule has 0 unspecified atom stereocenters. The average Bonchev–Trinajstić information content (AvgIpc) is 3.19. The molecule has 2 aliphatic heterocycles. The van der Waals surface area contributed by atoms with Gasteiger partial charge in [-0.15, -0.1) is 0 Å². The predicted molar refractivity (Wildman–Crippen MR) is 136 cm³/mol. The van der Waals surface area contributed by atoms with E-state index in [1.54, 1.807) is 18.2 Å². The maximum absolute atomic E-state index is 13.0. The van der Waals surface area contributed by atoms with Crippen LogP contribution < -0.4 is 10.6 Å². The van der Waals surface area contributed by atoms with E-state index in [9.17, 15) is 10.1 Å². The van der Waals surface area contributed by atoms with Gasteiger partial charge in [0.1, 0.15) is 0 Å². The van der Waals surface area contributed by atoms with Gasteiger partial charge in [0, 0.05) is 48.1 Å². The van der Waals surface area contributed by atoms with E-state index in [1.807, 2.05) is 42.1 Å². The van der Waals surface area contributed by atoms with E-state index < -0.39 is 0 Å². The zero-order valence-electron chi connectivity index (χ0n) is 18.2. The van der Waals surface area contributed by atoms with Crippen LogP contribution in [0.25, 0.3) is 11.3 Å². The van der Waals surface area contributed by atoms with Crippen LogP contribution in [-0.4, -0.2) is 35.4 Å². The Morgan fingerprint density at radius 1 is 1.03 bits per heavy atom. The smallest absolute Gasteiger partial charge is 0.258 e. The first-order valence-corrected chi connectivity index (χ1v) is 12.2. The molecule has 33 heavy (non-hydrogen) atoms. The van der Waals surface area contributed by atoms with Gasteiger partial charge < -0.3 is 10.6 Å². The fourth-order valence-corrected chi connectivity index (χ4v) is 5.20. The molecule has 0 bridgehead atoms. The van der Waals surface area contributed by atoms with Gasteiger partial charge in [-0.05, 0) is 41.5 Å². The van der Waals surface area contributed by atoms with Crippen molar-refractivity contribution in [2.75, 3.05) is 35.2 Å². The van der Waals surface area contributed by atoms with Crippen molar-refractivity contribution in [1.29, 1.82) is 5.26 Å². The molecule has 1 saturated heterocycles. The van der Waals surface area contributed by atoms with E-state index in [2.05, 4.69) is 45.9 Å². The van der Waals surface area contributed by atoms with Crippen LogP contribution in [0.3, 0.4) is 0 Å². The molecule has 0 radical (unpaired) electrons. The number of carbonyl (C=O) groups is 1. The molecule has 1 amide bonds. The van der Waals surface area contributed by atoms with Gasteiger partial charge >= 0.3 is 0 Å². The fraction of sp³-hybridized carbons (Fsp3) is 0.185. The van der Waals surface area contributed by atoms with Gasteiger partial charge in [-0.25, -0.2) is 0 Å². The highest BCUT2D eigenvalue weighted by atomic mass is 32.2. The second-order valence-electron chi connectivity index (χ2n) is 8.15. The molecular formula is C27H24N4OS. The highest BCUT2D eigenvalue weighted by molar-refractivity contribution is 7.99. The summed E-state index contributed by atoms with van der Waals surface area (Å²) in [5, 5.41) is 15.8. The average molecular weight is 453 g/mol. The van der Waals surface area contributed by atoms with Crippen LogP contribution in [0.15, 0.2) is 72.8 Å². The highest BCUT2D eigenvalue weighted by Crippen LogP contribution is 2.38. The van der Waals surface area contributed by atoms with Gasteiger partial charge in [0.25, 0.3) is 5.91 Å². The number of amides is 1. The summed E-state index contributed by atoms with van der Waals surface area (Å²) in [6.07, 6.45) is 0. The zero-order chi connectivity index (χ0) is 22.6.